The molecule has 0 bridgehead atoms. The number of rotatable bonds is 9. The van der Waals surface area contributed by atoms with E-state index in [-0.39, 0.29) is 0 Å². The summed E-state index contributed by atoms with van der Waals surface area (Å²) in [5, 5.41) is 3.84. The van der Waals surface area contributed by atoms with Gasteiger partial charge in [-0.15, -0.1) is 0 Å². The van der Waals surface area contributed by atoms with Crippen molar-refractivity contribution in [3.63, 3.8) is 0 Å². The Bertz CT molecular complexity index is 695. The number of nitrogens with one attached hydrogen (secondary N) is 1. The molecule has 2 aromatic rings. The molecule has 0 radical (unpaired) electrons. The van der Waals surface area contributed by atoms with Crippen molar-refractivity contribution in [3.05, 3.63) is 66.2 Å². The van der Waals surface area contributed by atoms with Crippen LogP contribution in [0, 0.1) is 5.92 Å². The number of hydrogen-bond acceptors (Lipinski definition) is 4. The highest BCUT2D eigenvalue weighted by molar-refractivity contribution is 5.46. The van der Waals surface area contributed by atoms with Crippen LogP contribution in [-0.4, -0.2) is 57.4 Å². The molecular formula is C25H35N3O. The van der Waals surface area contributed by atoms with Crippen molar-refractivity contribution in [2.75, 3.05) is 57.4 Å². The molecule has 0 aromatic heterocycles. The molecule has 2 heterocycles. The molecule has 2 atom stereocenters. The summed E-state index contributed by atoms with van der Waals surface area (Å²) in [6, 6.07) is 22.2. The zero-order chi connectivity index (χ0) is 19.7. The van der Waals surface area contributed by atoms with Crippen molar-refractivity contribution in [2.24, 2.45) is 5.92 Å². The Labute approximate surface area is 175 Å². The van der Waals surface area contributed by atoms with Crippen LogP contribution in [0.4, 0.5) is 5.69 Å². The minimum atomic E-state index is 0.442. The van der Waals surface area contributed by atoms with Gasteiger partial charge in [-0.2, -0.15) is 0 Å². The van der Waals surface area contributed by atoms with Crippen LogP contribution in [0.1, 0.15) is 30.9 Å². The number of hydrogen-bond donors (Lipinski definition) is 1. The highest BCUT2D eigenvalue weighted by Crippen LogP contribution is 2.26. The van der Waals surface area contributed by atoms with Crippen molar-refractivity contribution in [2.45, 2.75) is 25.3 Å². The number of benzene rings is 2. The number of nitrogens with zero attached hydrogens (tertiary/aromatic N) is 2. The molecule has 0 aliphatic carbocycles. The van der Waals surface area contributed by atoms with E-state index >= 15 is 0 Å². The monoisotopic (exact) mass is 393 g/mol. The van der Waals surface area contributed by atoms with E-state index in [0.29, 0.717) is 12.0 Å². The van der Waals surface area contributed by atoms with Crippen molar-refractivity contribution < 1.29 is 4.74 Å². The van der Waals surface area contributed by atoms with E-state index in [9.17, 15) is 0 Å². The van der Waals surface area contributed by atoms with Crippen LogP contribution in [0.25, 0.3) is 0 Å². The van der Waals surface area contributed by atoms with Crippen molar-refractivity contribution in [1.29, 1.82) is 0 Å². The van der Waals surface area contributed by atoms with E-state index in [2.05, 4.69) is 75.8 Å². The van der Waals surface area contributed by atoms with E-state index in [1.807, 2.05) is 0 Å². The van der Waals surface area contributed by atoms with E-state index in [4.69, 9.17) is 4.74 Å². The van der Waals surface area contributed by atoms with E-state index < -0.39 is 0 Å². The summed E-state index contributed by atoms with van der Waals surface area (Å²) in [5.74, 6) is 0.693. The predicted octanol–water partition coefficient (Wildman–Crippen LogP) is 3.96. The third-order valence-corrected chi connectivity index (χ3v) is 6.33. The number of anilines is 1. The quantitative estimate of drug-likeness (QED) is 0.653. The Morgan fingerprint density at radius 3 is 2.34 bits per heavy atom. The van der Waals surface area contributed by atoms with Gasteiger partial charge in [0.15, 0.2) is 0 Å². The molecule has 156 valence electrons. The highest BCUT2D eigenvalue weighted by atomic mass is 16.5. The lowest BCUT2D eigenvalue weighted by Gasteiger charge is -2.36. The topological polar surface area (TPSA) is 27.7 Å². The molecule has 4 nitrogen and oxygen atoms in total. The van der Waals surface area contributed by atoms with Gasteiger partial charge in [0.1, 0.15) is 0 Å². The Morgan fingerprint density at radius 2 is 1.66 bits per heavy atom. The summed E-state index contributed by atoms with van der Waals surface area (Å²) < 4.78 is 5.60. The first-order chi connectivity index (χ1) is 14.4. The summed E-state index contributed by atoms with van der Waals surface area (Å²) >= 11 is 0. The minimum absolute atomic E-state index is 0.442. The molecule has 2 aliphatic rings. The number of piperazine rings is 1. The fraction of sp³-hybridized carbons (Fsp3) is 0.520. The van der Waals surface area contributed by atoms with Crippen molar-refractivity contribution in [1.82, 2.24) is 10.2 Å². The molecule has 0 amide bonds. The maximum absolute atomic E-state index is 5.60. The summed E-state index contributed by atoms with van der Waals surface area (Å²) in [6.45, 7) is 8.71. The highest BCUT2D eigenvalue weighted by Gasteiger charge is 2.22. The SMILES string of the molecule is c1ccc([C@H](C[C@H]2CCOC2)NCCCN2CCN(c3ccccc3)CC2)cc1. The summed E-state index contributed by atoms with van der Waals surface area (Å²) in [4.78, 5) is 5.12. The normalized spacial score (nSPS) is 21.4. The molecule has 2 saturated heterocycles. The third-order valence-electron chi connectivity index (χ3n) is 6.33. The average Bonchev–Trinajstić information content (AvgIpc) is 3.31. The van der Waals surface area contributed by atoms with Crippen molar-refractivity contribution in [3.8, 4) is 0 Å². The predicted molar refractivity (Wildman–Crippen MR) is 120 cm³/mol. The van der Waals surface area contributed by atoms with Crippen LogP contribution in [0.5, 0.6) is 0 Å². The van der Waals surface area contributed by atoms with Gasteiger partial charge in [0.05, 0.1) is 0 Å². The Kier molecular flexibility index (Phi) is 7.57. The third kappa shape index (κ3) is 6.05. The smallest absolute Gasteiger partial charge is 0.0495 e. The van der Waals surface area contributed by atoms with Crippen LogP contribution >= 0.6 is 0 Å². The molecular weight excluding hydrogens is 358 g/mol. The van der Waals surface area contributed by atoms with E-state index in [1.54, 1.807) is 0 Å². The average molecular weight is 394 g/mol. The second-order valence-electron chi connectivity index (χ2n) is 8.40. The van der Waals surface area contributed by atoms with Crippen LogP contribution in [-0.2, 0) is 4.74 Å². The molecule has 0 unspecified atom stereocenters. The standard InChI is InChI=1S/C25H35N3O/c1-3-8-23(9-4-1)25(20-22-12-19-29-21-22)26-13-7-14-27-15-17-28(18-16-27)24-10-5-2-6-11-24/h1-6,8-11,22,25-26H,7,12-21H2/t22-,25+/m1/s1. The maximum Gasteiger partial charge on any atom is 0.0495 e. The lowest BCUT2D eigenvalue weighted by atomic mass is 9.94. The largest absolute Gasteiger partial charge is 0.381 e. The molecule has 1 N–H and O–H groups in total. The van der Waals surface area contributed by atoms with E-state index in [0.717, 1.165) is 45.9 Å². The second-order valence-corrected chi connectivity index (χ2v) is 8.40. The first-order valence-corrected chi connectivity index (χ1v) is 11.3. The lowest BCUT2D eigenvalue weighted by Crippen LogP contribution is -2.47. The maximum atomic E-state index is 5.60. The zero-order valence-electron chi connectivity index (χ0n) is 17.5. The van der Waals surface area contributed by atoms with Gasteiger partial charge < -0.3 is 15.0 Å². The van der Waals surface area contributed by atoms with Gasteiger partial charge in [-0.3, -0.25) is 4.90 Å². The summed E-state index contributed by atoms with van der Waals surface area (Å²) in [5.41, 5.74) is 2.77. The van der Waals surface area contributed by atoms with E-state index in [1.165, 1.54) is 37.1 Å². The molecule has 0 saturated carbocycles. The van der Waals surface area contributed by atoms with Crippen LogP contribution < -0.4 is 10.2 Å². The Balaban J connectivity index is 1.19. The molecule has 2 aliphatic heterocycles. The molecule has 4 heteroatoms. The summed E-state index contributed by atoms with van der Waals surface area (Å²) in [7, 11) is 0. The molecule has 2 aromatic carbocycles. The molecule has 0 spiro atoms. The first kappa shape index (κ1) is 20.4. The van der Waals surface area contributed by atoms with Crippen molar-refractivity contribution >= 4 is 5.69 Å². The van der Waals surface area contributed by atoms with Crippen LogP contribution in [0.15, 0.2) is 60.7 Å². The van der Waals surface area contributed by atoms with Gasteiger partial charge in [0.2, 0.25) is 0 Å². The van der Waals surface area contributed by atoms with Gasteiger partial charge >= 0.3 is 0 Å². The Hall–Kier alpha value is -1.88. The Morgan fingerprint density at radius 1 is 0.931 bits per heavy atom. The van der Waals surface area contributed by atoms with Gasteiger partial charge in [-0.1, -0.05) is 48.5 Å². The second kappa shape index (κ2) is 10.8. The zero-order valence-corrected chi connectivity index (χ0v) is 17.5. The lowest BCUT2D eigenvalue weighted by molar-refractivity contribution is 0.181. The molecule has 4 rings (SSSR count). The van der Waals surface area contributed by atoms with Gasteiger partial charge in [-0.25, -0.2) is 0 Å². The minimum Gasteiger partial charge on any atom is -0.381 e. The van der Waals surface area contributed by atoms with Crippen LogP contribution in [0.3, 0.4) is 0 Å². The van der Waals surface area contributed by atoms with Gasteiger partial charge in [-0.05, 0) is 56.0 Å². The van der Waals surface area contributed by atoms with Gasteiger partial charge in [0.25, 0.3) is 0 Å². The number of para-hydroxylation sites is 1. The molecule has 2 fully saturated rings. The fourth-order valence-electron chi connectivity index (χ4n) is 4.57. The number of ether oxygens (including phenoxy) is 1. The van der Waals surface area contributed by atoms with Gasteiger partial charge in [0, 0.05) is 51.1 Å². The molecule has 29 heavy (non-hydrogen) atoms. The first-order valence-electron chi connectivity index (χ1n) is 11.3. The fourth-order valence-corrected chi connectivity index (χ4v) is 4.57. The van der Waals surface area contributed by atoms with Crippen LogP contribution in [0.2, 0.25) is 0 Å². The summed E-state index contributed by atoms with van der Waals surface area (Å²) in [6.07, 6.45) is 3.59.